The second-order valence-corrected chi connectivity index (χ2v) is 8.59. The number of amides is 2. The van der Waals surface area contributed by atoms with Crippen molar-refractivity contribution < 1.29 is 29.0 Å². The molecule has 1 unspecified atom stereocenters. The van der Waals surface area contributed by atoms with E-state index in [9.17, 15) is 19.5 Å². The SMILES string of the molecule is CCOc1ccc(/C(O)=C2\C(=O)C(=O)N(c3cccc(NC(C)=O)c3)C2c2ccc(OC)cc2)cc1C. The minimum Gasteiger partial charge on any atom is -0.507 e. The van der Waals surface area contributed by atoms with Gasteiger partial charge in [-0.15, -0.1) is 0 Å². The number of ketones is 1. The van der Waals surface area contributed by atoms with Gasteiger partial charge < -0.3 is 19.9 Å². The van der Waals surface area contributed by atoms with Gasteiger partial charge in [-0.05, 0) is 73.5 Å². The number of aryl methyl sites for hydroxylation is 1. The van der Waals surface area contributed by atoms with Gasteiger partial charge in [0.05, 0.1) is 25.3 Å². The molecule has 4 rings (SSSR count). The Hall–Kier alpha value is -4.59. The lowest BCUT2D eigenvalue weighted by Gasteiger charge is -2.26. The van der Waals surface area contributed by atoms with E-state index in [4.69, 9.17) is 9.47 Å². The van der Waals surface area contributed by atoms with Crippen LogP contribution >= 0.6 is 0 Å². The van der Waals surface area contributed by atoms with E-state index in [2.05, 4.69) is 5.32 Å². The van der Waals surface area contributed by atoms with E-state index >= 15 is 0 Å². The minimum atomic E-state index is -0.912. The van der Waals surface area contributed by atoms with Crippen molar-refractivity contribution in [2.45, 2.75) is 26.8 Å². The van der Waals surface area contributed by atoms with Crippen LogP contribution in [0.2, 0.25) is 0 Å². The quantitative estimate of drug-likeness (QED) is 0.269. The van der Waals surface area contributed by atoms with Gasteiger partial charge in [0.2, 0.25) is 5.91 Å². The second-order valence-electron chi connectivity index (χ2n) is 8.59. The van der Waals surface area contributed by atoms with Crippen LogP contribution in [0, 0.1) is 6.92 Å². The lowest BCUT2D eigenvalue weighted by molar-refractivity contribution is -0.132. The Morgan fingerprint density at radius 1 is 1.05 bits per heavy atom. The van der Waals surface area contributed by atoms with E-state index in [0.29, 0.717) is 40.6 Å². The summed E-state index contributed by atoms with van der Waals surface area (Å²) in [5, 5.41) is 14.1. The van der Waals surface area contributed by atoms with Crippen LogP contribution in [0.15, 0.2) is 72.3 Å². The Balaban J connectivity index is 1.89. The molecule has 8 nitrogen and oxygen atoms in total. The van der Waals surface area contributed by atoms with Crippen molar-refractivity contribution in [1.82, 2.24) is 0 Å². The van der Waals surface area contributed by atoms with Gasteiger partial charge in [0.25, 0.3) is 11.7 Å². The van der Waals surface area contributed by atoms with Crippen molar-refractivity contribution in [3.8, 4) is 11.5 Å². The van der Waals surface area contributed by atoms with Gasteiger partial charge in [-0.3, -0.25) is 19.3 Å². The summed E-state index contributed by atoms with van der Waals surface area (Å²) in [4.78, 5) is 39.7. The fourth-order valence-corrected chi connectivity index (χ4v) is 4.41. The predicted octanol–water partition coefficient (Wildman–Crippen LogP) is 4.99. The first-order valence-corrected chi connectivity index (χ1v) is 11.8. The number of aliphatic hydroxyl groups excluding tert-OH is 1. The number of Topliss-reactive ketones (excluding diaryl/α,β-unsaturated/α-hetero) is 1. The molecule has 0 radical (unpaired) electrons. The number of hydrogen-bond acceptors (Lipinski definition) is 6. The van der Waals surface area contributed by atoms with E-state index < -0.39 is 17.7 Å². The second kappa shape index (κ2) is 10.6. The molecular weight excluding hydrogens is 472 g/mol. The summed E-state index contributed by atoms with van der Waals surface area (Å²) in [6, 6.07) is 17.8. The summed E-state index contributed by atoms with van der Waals surface area (Å²) < 4.78 is 10.9. The first-order chi connectivity index (χ1) is 17.7. The molecule has 0 bridgehead atoms. The van der Waals surface area contributed by atoms with Gasteiger partial charge >= 0.3 is 0 Å². The molecule has 0 saturated carbocycles. The molecule has 0 aromatic heterocycles. The number of benzene rings is 3. The smallest absolute Gasteiger partial charge is 0.300 e. The maximum atomic E-state index is 13.4. The van der Waals surface area contributed by atoms with Crippen molar-refractivity contribution in [2.24, 2.45) is 0 Å². The number of carbonyl (C=O) groups excluding carboxylic acids is 3. The van der Waals surface area contributed by atoms with E-state index in [1.807, 2.05) is 13.8 Å². The van der Waals surface area contributed by atoms with Gasteiger partial charge in [0.15, 0.2) is 0 Å². The lowest BCUT2D eigenvalue weighted by Crippen LogP contribution is -2.29. The van der Waals surface area contributed by atoms with Crippen LogP contribution in [-0.4, -0.2) is 36.4 Å². The third kappa shape index (κ3) is 5.04. The Labute approximate surface area is 215 Å². The van der Waals surface area contributed by atoms with Crippen molar-refractivity contribution in [2.75, 3.05) is 23.9 Å². The highest BCUT2D eigenvalue weighted by Crippen LogP contribution is 2.43. The maximum absolute atomic E-state index is 13.4. The fourth-order valence-electron chi connectivity index (χ4n) is 4.41. The number of nitrogens with zero attached hydrogens (tertiary/aromatic N) is 1. The first kappa shape index (κ1) is 25.5. The number of nitrogens with one attached hydrogen (secondary N) is 1. The molecule has 3 aromatic rings. The van der Waals surface area contributed by atoms with Gasteiger partial charge in [0, 0.05) is 23.9 Å². The van der Waals surface area contributed by atoms with Crippen LogP contribution in [-0.2, 0) is 14.4 Å². The Morgan fingerprint density at radius 3 is 2.41 bits per heavy atom. The molecule has 1 fully saturated rings. The van der Waals surface area contributed by atoms with Gasteiger partial charge in [-0.2, -0.15) is 0 Å². The number of ether oxygens (including phenoxy) is 2. The van der Waals surface area contributed by atoms with Crippen molar-refractivity contribution in [3.05, 3.63) is 89.0 Å². The standard InChI is InChI=1S/C29H28N2O6/c1-5-37-24-14-11-20(15-17(24)2)27(33)25-26(19-9-12-23(36-4)13-10-19)31(29(35)28(25)34)22-8-6-7-21(16-22)30-18(3)32/h6-16,26,33H,5H2,1-4H3,(H,30,32)/b27-25+. The average Bonchev–Trinajstić information content (AvgIpc) is 3.15. The number of aliphatic hydroxyl groups is 1. The summed E-state index contributed by atoms with van der Waals surface area (Å²) in [6.45, 7) is 5.60. The highest BCUT2D eigenvalue weighted by molar-refractivity contribution is 6.51. The predicted molar refractivity (Wildman–Crippen MR) is 141 cm³/mol. The monoisotopic (exact) mass is 500 g/mol. The summed E-state index contributed by atoms with van der Waals surface area (Å²) >= 11 is 0. The molecule has 190 valence electrons. The van der Waals surface area contributed by atoms with Crippen LogP contribution in [0.1, 0.15) is 36.6 Å². The van der Waals surface area contributed by atoms with Crippen LogP contribution in [0.5, 0.6) is 11.5 Å². The molecule has 2 N–H and O–H groups in total. The summed E-state index contributed by atoms with van der Waals surface area (Å²) in [5.41, 5.74) is 2.62. The van der Waals surface area contributed by atoms with Gasteiger partial charge in [0.1, 0.15) is 17.3 Å². The Morgan fingerprint density at radius 2 is 1.78 bits per heavy atom. The third-order valence-corrected chi connectivity index (χ3v) is 6.07. The van der Waals surface area contributed by atoms with E-state index in [-0.39, 0.29) is 17.2 Å². The molecule has 0 spiro atoms. The fraction of sp³-hybridized carbons (Fsp3) is 0.207. The largest absolute Gasteiger partial charge is 0.507 e. The highest BCUT2D eigenvalue weighted by Gasteiger charge is 2.47. The normalized spacial score (nSPS) is 16.5. The molecular formula is C29H28N2O6. The van der Waals surface area contributed by atoms with E-state index in [1.165, 1.54) is 11.8 Å². The molecule has 2 amide bonds. The highest BCUT2D eigenvalue weighted by atomic mass is 16.5. The van der Waals surface area contributed by atoms with Gasteiger partial charge in [-0.25, -0.2) is 0 Å². The summed E-state index contributed by atoms with van der Waals surface area (Å²) in [6.07, 6.45) is 0. The zero-order valence-corrected chi connectivity index (χ0v) is 21.1. The van der Waals surface area contributed by atoms with E-state index in [1.54, 1.807) is 73.8 Å². The molecule has 37 heavy (non-hydrogen) atoms. The number of methoxy groups -OCH3 is 1. The third-order valence-electron chi connectivity index (χ3n) is 6.07. The molecule has 1 aliphatic heterocycles. The van der Waals surface area contributed by atoms with Crippen molar-refractivity contribution in [1.29, 1.82) is 0 Å². The summed E-state index contributed by atoms with van der Waals surface area (Å²) in [7, 11) is 1.54. The number of anilines is 2. The molecule has 1 heterocycles. The van der Waals surface area contributed by atoms with E-state index in [0.717, 1.165) is 5.56 Å². The number of rotatable bonds is 7. The molecule has 0 aliphatic carbocycles. The molecule has 3 aromatic carbocycles. The van der Waals surface area contributed by atoms with Crippen LogP contribution in [0.25, 0.3) is 5.76 Å². The Bertz CT molecular complexity index is 1390. The maximum Gasteiger partial charge on any atom is 0.300 e. The zero-order chi connectivity index (χ0) is 26.7. The minimum absolute atomic E-state index is 0.0383. The lowest BCUT2D eigenvalue weighted by atomic mass is 9.94. The van der Waals surface area contributed by atoms with Crippen LogP contribution < -0.4 is 19.7 Å². The average molecular weight is 501 g/mol. The topological polar surface area (TPSA) is 105 Å². The molecule has 1 saturated heterocycles. The molecule has 8 heteroatoms. The van der Waals surface area contributed by atoms with Gasteiger partial charge in [-0.1, -0.05) is 18.2 Å². The number of carbonyl (C=O) groups is 3. The molecule has 1 atom stereocenters. The molecule has 1 aliphatic rings. The number of hydrogen-bond donors (Lipinski definition) is 2. The summed E-state index contributed by atoms with van der Waals surface area (Å²) in [5.74, 6) is -0.876. The van der Waals surface area contributed by atoms with Crippen molar-refractivity contribution in [3.63, 3.8) is 0 Å². The van der Waals surface area contributed by atoms with Crippen LogP contribution in [0.4, 0.5) is 11.4 Å². The Kier molecular flexibility index (Phi) is 7.29. The van der Waals surface area contributed by atoms with Crippen LogP contribution in [0.3, 0.4) is 0 Å². The first-order valence-electron chi connectivity index (χ1n) is 11.8. The zero-order valence-electron chi connectivity index (χ0n) is 21.1. The van der Waals surface area contributed by atoms with Crippen molar-refractivity contribution >= 4 is 34.7 Å².